The molecule has 0 saturated carbocycles. The van der Waals surface area contributed by atoms with Gasteiger partial charge in [0.1, 0.15) is 18.0 Å². The maximum Gasteiger partial charge on any atom is 0.134 e. The smallest absolute Gasteiger partial charge is 0.134 e. The minimum Gasteiger partial charge on any atom is -0.392 e. The number of anilines is 2. The number of rotatable bonds is 5. The van der Waals surface area contributed by atoms with Gasteiger partial charge in [-0.05, 0) is 32.5 Å². The standard InChI is InChI=1S/C17H27N5O2/c1-20(2)9-14-7-15(24)10-22(14)17-8-16(18-12-19-17)21-5-3-13(11-23)4-6-21/h3,8,12,14-15,23-24H,4-7,9-11H2,1-2H3/t14-,15-/m1/s1. The predicted molar refractivity (Wildman–Crippen MR) is 94.3 cm³/mol. The number of hydrogen-bond acceptors (Lipinski definition) is 7. The molecule has 2 N–H and O–H groups in total. The molecule has 1 fully saturated rings. The Hall–Kier alpha value is -1.70. The highest BCUT2D eigenvalue weighted by molar-refractivity contribution is 5.52. The van der Waals surface area contributed by atoms with Gasteiger partial charge in [0.15, 0.2) is 0 Å². The van der Waals surface area contributed by atoms with E-state index in [0.717, 1.165) is 49.7 Å². The lowest BCUT2D eigenvalue weighted by atomic mass is 10.1. The molecule has 2 atom stereocenters. The summed E-state index contributed by atoms with van der Waals surface area (Å²) >= 11 is 0. The average molecular weight is 333 g/mol. The third kappa shape index (κ3) is 3.85. The van der Waals surface area contributed by atoms with Crippen LogP contribution in [0.4, 0.5) is 11.6 Å². The van der Waals surface area contributed by atoms with Crippen LogP contribution >= 0.6 is 0 Å². The summed E-state index contributed by atoms with van der Waals surface area (Å²) in [5.41, 5.74) is 1.09. The van der Waals surface area contributed by atoms with Crippen molar-refractivity contribution >= 4 is 11.6 Å². The highest BCUT2D eigenvalue weighted by Crippen LogP contribution is 2.27. The van der Waals surface area contributed by atoms with Gasteiger partial charge < -0.3 is 24.9 Å². The van der Waals surface area contributed by atoms with Crippen molar-refractivity contribution in [3.63, 3.8) is 0 Å². The van der Waals surface area contributed by atoms with Crippen LogP contribution in [-0.4, -0.2) is 84.1 Å². The van der Waals surface area contributed by atoms with Crippen molar-refractivity contribution < 1.29 is 10.2 Å². The normalized spacial score (nSPS) is 24.6. The Kier molecular flexibility index (Phi) is 5.33. The van der Waals surface area contributed by atoms with E-state index in [4.69, 9.17) is 0 Å². The Morgan fingerprint density at radius 3 is 2.75 bits per heavy atom. The largest absolute Gasteiger partial charge is 0.392 e. The zero-order chi connectivity index (χ0) is 17.1. The van der Waals surface area contributed by atoms with Crippen molar-refractivity contribution in [1.29, 1.82) is 0 Å². The van der Waals surface area contributed by atoms with Crippen LogP contribution in [0.1, 0.15) is 12.8 Å². The second-order valence-corrected chi connectivity index (χ2v) is 6.91. The second-order valence-electron chi connectivity index (χ2n) is 6.91. The maximum absolute atomic E-state index is 10.1. The van der Waals surface area contributed by atoms with Crippen LogP contribution < -0.4 is 9.80 Å². The fourth-order valence-corrected chi connectivity index (χ4v) is 3.50. The summed E-state index contributed by atoms with van der Waals surface area (Å²) in [4.78, 5) is 15.4. The van der Waals surface area contributed by atoms with Crippen molar-refractivity contribution in [3.05, 3.63) is 24.0 Å². The number of likely N-dealkylation sites (N-methyl/N-ethyl adjacent to an activating group) is 1. The summed E-state index contributed by atoms with van der Waals surface area (Å²) in [7, 11) is 4.10. The van der Waals surface area contributed by atoms with E-state index in [1.54, 1.807) is 6.33 Å². The summed E-state index contributed by atoms with van der Waals surface area (Å²) in [6, 6.07) is 2.28. The van der Waals surface area contributed by atoms with Crippen LogP contribution in [0, 0.1) is 0 Å². The molecule has 0 aliphatic carbocycles. The van der Waals surface area contributed by atoms with Gasteiger partial charge in [0.25, 0.3) is 0 Å². The summed E-state index contributed by atoms with van der Waals surface area (Å²) < 4.78 is 0. The monoisotopic (exact) mass is 333 g/mol. The van der Waals surface area contributed by atoms with E-state index in [0.29, 0.717) is 6.54 Å². The molecule has 24 heavy (non-hydrogen) atoms. The van der Waals surface area contributed by atoms with Crippen molar-refractivity contribution in [1.82, 2.24) is 14.9 Å². The number of aliphatic hydroxyl groups is 2. The molecule has 0 spiro atoms. The van der Waals surface area contributed by atoms with Gasteiger partial charge in [-0.2, -0.15) is 0 Å². The molecule has 0 bridgehead atoms. The van der Waals surface area contributed by atoms with Crippen LogP contribution in [0.15, 0.2) is 24.0 Å². The zero-order valence-electron chi connectivity index (χ0n) is 14.5. The highest BCUT2D eigenvalue weighted by atomic mass is 16.3. The molecule has 132 valence electrons. The Morgan fingerprint density at radius 2 is 2.08 bits per heavy atom. The van der Waals surface area contributed by atoms with E-state index >= 15 is 0 Å². The van der Waals surface area contributed by atoms with Gasteiger partial charge >= 0.3 is 0 Å². The van der Waals surface area contributed by atoms with Crippen molar-refractivity contribution in [2.75, 3.05) is 56.7 Å². The first-order valence-electron chi connectivity index (χ1n) is 8.52. The van der Waals surface area contributed by atoms with E-state index in [2.05, 4.69) is 30.7 Å². The molecule has 3 rings (SSSR count). The number of aliphatic hydroxyl groups excluding tert-OH is 2. The number of aromatic nitrogens is 2. The van der Waals surface area contributed by atoms with Crippen LogP contribution in [0.2, 0.25) is 0 Å². The van der Waals surface area contributed by atoms with Gasteiger partial charge in [0.2, 0.25) is 0 Å². The lowest BCUT2D eigenvalue weighted by Crippen LogP contribution is -2.38. The summed E-state index contributed by atoms with van der Waals surface area (Å²) in [5, 5.41) is 19.3. The Balaban J connectivity index is 1.76. The van der Waals surface area contributed by atoms with E-state index in [1.165, 1.54) is 0 Å². The van der Waals surface area contributed by atoms with E-state index in [1.807, 2.05) is 20.2 Å². The Bertz CT molecular complexity index is 592. The van der Waals surface area contributed by atoms with Gasteiger partial charge in [-0.1, -0.05) is 6.08 Å². The first kappa shape index (κ1) is 17.1. The molecule has 1 saturated heterocycles. The van der Waals surface area contributed by atoms with Gasteiger partial charge in [0.05, 0.1) is 12.7 Å². The van der Waals surface area contributed by atoms with Gasteiger partial charge in [-0.3, -0.25) is 0 Å². The third-order valence-corrected chi connectivity index (χ3v) is 4.73. The summed E-state index contributed by atoms with van der Waals surface area (Å²) in [5.74, 6) is 1.78. The third-order valence-electron chi connectivity index (χ3n) is 4.73. The molecule has 0 amide bonds. The molecule has 1 aromatic heterocycles. The predicted octanol–water partition coefficient (Wildman–Crippen LogP) is 0.107. The number of hydrogen-bond donors (Lipinski definition) is 2. The van der Waals surface area contributed by atoms with Gasteiger partial charge in [0, 0.05) is 38.3 Å². The molecule has 0 radical (unpaired) electrons. The molecule has 2 aliphatic heterocycles. The molecule has 0 aromatic carbocycles. The van der Waals surface area contributed by atoms with Gasteiger partial charge in [-0.25, -0.2) is 9.97 Å². The molecule has 0 unspecified atom stereocenters. The molecule has 2 aliphatic rings. The maximum atomic E-state index is 10.1. The molecule has 7 heteroatoms. The molecular weight excluding hydrogens is 306 g/mol. The van der Waals surface area contributed by atoms with Crippen LogP contribution in [-0.2, 0) is 0 Å². The average Bonchev–Trinajstić information content (AvgIpc) is 2.94. The zero-order valence-corrected chi connectivity index (χ0v) is 14.5. The van der Waals surface area contributed by atoms with Gasteiger partial charge in [-0.15, -0.1) is 0 Å². The first-order valence-corrected chi connectivity index (χ1v) is 8.52. The molecule has 3 heterocycles. The molecule has 1 aromatic rings. The SMILES string of the molecule is CN(C)C[C@H]1C[C@@H](O)CN1c1cc(N2CC=C(CO)CC2)ncn1. The van der Waals surface area contributed by atoms with E-state index in [-0.39, 0.29) is 18.8 Å². The van der Waals surface area contributed by atoms with Crippen LogP contribution in [0.3, 0.4) is 0 Å². The summed E-state index contributed by atoms with van der Waals surface area (Å²) in [6.45, 7) is 3.26. The lowest BCUT2D eigenvalue weighted by Gasteiger charge is -2.30. The minimum absolute atomic E-state index is 0.140. The minimum atomic E-state index is -0.307. The van der Waals surface area contributed by atoms with Crippen LogP contribution in [0.25, 0.3) is 0 Å². The molecular formula is C17H27N5O2. The van der Waals surface area contributed by atoms with Crippen molar-refractivity contribution in [3.8, 4) is 0 Å². The lowest BCUT2D eigenvalue weighted by molar-refractivity contribution is 0.191. The highest BCUT2D eigenvalue weighted by Gasteiger charge is 2.32. The molecule has 7 nitrogen and oxygen atoms in total. The topological polar surface area (TPSA) is 76.0 Å². The van der Waals surface area contributed by atoms with Crippen molar-refractivity contribution in [2.24, 2.45) is 0 Å². The fraction of sp³-hybridized carbons (Fsp3) is 0.647. The fourth-order valence-electron chi connectivity index (χ4n) is 3.50. The Labute approximate surface area is 143 Å². The Morgan fingerprint density at radius 1 is 1.29 bits per heavy atom. The number of nitrogens with zero attached hydrogens (tertiary/aromatic N) is 5. The van der Waals surface area contributed by atoms with Crippen LogP contribution in [0.5, 0.6) is 0 Å². The first-order chi connectivity index (χ1) is 11.6. The van der Waals surface area contributed by atoms with Crippen molar-refractivity contribution in [2.45, 2.75) is 25.0 Å². The van der Waals surface area contributed by atoms with E-state index < -0.39 is 0 Å². The quantitative estimate of drug-likeness (QED) is 0.741. The summed E-state index contributed by atoms with van der Waals surface area (Å²) in [6.07, 6.45) is 5.00. The second kappa shape index (κ2) is 7.46. The van der Waals surface area contributed by atoms with E-state index in [9.17, 15) is 10.2 Å². The number of β-amino-alcohol motifs (C(OH)–C–C–N with tert-alkyl or cyclic N) is 1.